The van der Waals surface area contributed by atoms with Gasteiger partial charge in [-0.25, -0.2) is 8.42 Å². The maximum Gasteiger partial charge on any atom is 0.244 e. The van der Waals surface area contributed by atoms with Crippen molar-refractivity contribution in [1.29, 1.82) is 5.26 Å². The van der Waals surface area contributed by atoms with E-state index in [1.54, 1.807) is 18.2 Å². The first-order valence-corrected chi connectivity index (χ1v) is 8.51. The molecular formula is C14H18N4O2S. The van der Waals surface area contributed by atoms with E-state index in [1.807, 2.05) is 6.07 Å². The Hall–Kier alpha value is -1.46. The molecule has 1 N–H and O–H groups in total. The van der Waals surface area contributed by atoms with Crippen molar-refractivity contribution in [3.8, 4) is 6.07 Å². The smallest absolute Gasteiger partial charge is 0.244 e. The van der Waals surface area contributed by atoms with Crippen LogP contribution in [0.2, 0.25) is 0 Å². The summed E-state index contributed by atoms with van der Waals surface area (Å²) < 4.78 is 26.6. The van der Waals surface area contributed by atoms with Crippen LogP contribution < -0.4 is 5.32 Å². The van der Waals surface area contributed by atoms with Gasteiger partial charge in [-0.3, -0.25) is 4.90 Å². The summed E-state index contributed by atoms with van der Waals surface area (Å²) in [4.78, 5) is 2.45. The molecule has 21 heavy (non-hydrogen) atoms. The summed E-state index contributed by atoms with van der Waals surface area (Å²) >= 11 is 0. The van der Waals surface area contributed by atoms with Crippen LogP contribution in [0.3, 0.4) is 0 Å². The van der Waals surface area contributed by atoms with Gasteiger partial charge in [-0.05, 0) is 12.1 Å². The molecule has 0 atom stereocenters. The van der Waals surface area contributed by atoms with Crippen LogP contribution in [0.1, 0.15) is 5.56 Å². The van der Waals surface area contributed by atoms with E-state index in [0.717, 1.165) is 26.2 Å². The van der Waals surface area contributed by atoms with Crippen molar-refractivity contribution in [2.75, 3.05) is 39.3 Å². The predicted molar refractivity (Wildman–Crippen MR) is 78.1 cm³/mol. The van der Waals surface area contributed by atoms with E-state index in [4.69, 9.17) is 5.26 Å². The molecule has 2 saturated heterocycles. The maximum absolute atomic E-state index is 12.6. The van der Waals surface area contributed by atoms with Crippen molar-refractivity contribution in [3.63, 3.8) is 0 Å². The molecule has 0 radical (unpaired) electrons. The molecule has 1 aromatic carbocycles. The Labute approximate surface area is 125 Å². The Morgan fingerprint density at radius 1 is 1.19 bits per heavy atom. The van der Waals surface area contributed by atoms with Crippen LogP contribution >= 0.6 is 0 Å². The second-order valence-corrected chi connectivity index (χ2v) is 7.28. The Morgan fingerprint density at radius 2 is 1.86 bits per heavy atom. The lowest BCUT2D eigenvalue weighted by atomic mass is 10.1. The number of nitrogens with one attached hydrogen (secondary N) is 1. The van der Waals surface area contributed by atoms with E-state index < -0.39 is 10.0 Å². The highest BCUT2D eigenvalue weighted by Gasteiger charge is 2.40. The second-order valence-electron chi connectivity index (χ2n) is 5.37. The highest BCUT2D eigenvalue weighted by molar-refractivity contribution is 7.89. The van der Waals surface area contributed by atoms with E-state index in [2.05, 4.69) is 10.2 Å². The molecule has 0 unspecified atom stereocenters. The molecule has 2 aliphatic rings. The van der Waals surface area contributed by atoms with Gasteiger partial charge in [0.15, 0.2) is 0 Å². The Kier molecular flexibility index (Phi) is 3.95. The van der Waals surface area contributed by atoms with Gasteiger partial charge in [0, 0.05) is 45.3 Å². The van der Waals surface area contributed by atoms with Gasteiger partial charge >= 0.3 is 0 Å². The van der Waals surface area contributed by atoms with E-state index in [1.165, 1.54) is 10.4 Å². The average Bonchev–Trinajstić information content (AvgIpc) is 2.46. The molecule has 2 fully saturated rings. The zero-order valence-corrected chi connectivity index (χ0v) is 12.5. The summed E-state index contributed by atoms with van der Waals surface area (Å²) in [6.07, 6.45) is 0. The number of rotatable bonds is 3. The van der Waals surface area contributed by atoms with Gasteiger partial charge in [-0.1, -0.05) is 12.1 Å². The first-order valence-electron chi connectivity index (χ1n) is 7.07. The lowest BCUT2D eigenvalue weighted by molar-refractivity contribution is 0.0773. The van der Waals surface area contributed by atoms with E-state index in [-0.39, 0.29) is 10.5 Å². The van der Waals surface area contributed by atoms with Gasteiger partial charge in [0.05, 0.1) is 10.5 Å². The molecule has 7 heteroatoms. The molecular weight excluding hydrogens is 288 g/mol. The number of hydrogen-bond acceptors (Lipinski definition) is 5. The van der Waals surface area contributed by atoms with Crippen LogP contribution in [-0.4, -0.2) is 62.9 Å². The minimum atomic E-state index is -3.55. The average molecular weight is 306 g/mol. The first kappa shape index (κ1) is 14.5. The minimum absolute atomic E-state index is 0.117. The van der Waals surface area contributed by atoms with Crippen molar-refractivity contribution in [2.45, 2.75) is 10.9 Å². The molecule has 1 aromatic rings. The van der Waals surface area contributed by atoms with Crippen LogP contribution in [0.5, 0.6) is 0 Å². The SMILES string of the molecule is N#Cc1ccccc1S(=O)(=O)N1CC(N2CCNCC2)C1. The summed E-state index contributed by atoms with van der Waals surface area (Å²) in [6, 6.07) is 8.64. The van der Waals surface area contributed by atoms with Crippen LogP contribution in [0.4, 0.5) is 0 Å². The van der Waals surface area contributed by atoms with Gasteiger partial charge in [0.1, 0.15) is 6.07 Å². The highest BCUT2D eigenvalue weighted by Crippen LogP contribution is 2.26. The highest BCUT2D eigenvalue weighted by atomic mass is 32.2. The van der Waals surface area contributed by atoms with Gasteiger partial charge in [0.25, 0.3) is 0 Å². The van der Waals surface area contributed by atoms with Crippen molar-refractivity contribution in [3.05, 3.63) is 29.8 Å². The molecule has 2 heterocycles. The monoisotopic (exact) mass is 306 g/mol. The molecule has 0 spiro atoms. The van der Waals surface area contributed by atoms with Crippen LogP contribution in [-0.2, 0) is 10.0 Å². The number of nitriles is 1. The summed E-state index contributed by atoms with van der Waals surface area (Å²) in [5, 5.41) is 12.4. The third-order valence-electron chi connectivity index (χ3n) is 4.12. The number of sulfonamides is 1. The Balaban J connectivity index is 1.72. The van der Waals surface area contributed by atoms with Gasteiger partial charge in [-0.15, -0.1) is 0 Å². The fraction of sp³-hybridized carbons (Fsp3) is 0.500. The first-order chi connectivity index (χ1) is 10.1. The lowest BCUT2D eigenvalue weighted by Crippen LogP contribution is -2.63. The van der Waals surface area contributed by atoms with Gasteiger partial charge in [-0.2, -0.15) is 9.57 Å². The van der Waals surface area contributed by atoms with E-state index in [0.29, 0.717) is 19.1 Å². The van der Waals surface area contributed by atoms with Crippen molar-refractivity contribution in [1.82, 2.24) is 14.5 Å². The summed E-state index contributed by atoms with van der Waals surface area (Å²) in [6.45, 7) is 4.88. The fourth-order valence-corrected chi connectivity index (χ4v) is 4.47. The standard InChI is InChI=1S/C14H18N4O2S/c15-9-12-3-1-2-4-14(12)21(19,20)18-10-13(11-18)17-7-5-16-6-8-17/h1-4,13,16H,5-8,10-11H2. The number of piperazine rings is 1. The van der Waals surface area contributed by atoms with Crippen LogP contribution in [0.15, 0.2) is 29.2 Å². The van der Waals surface area contributed by atoms with Gasteiger partial charge in [0.2, 0.25) is 10.0 Å². The molecule has 3 rings (SSSR count). The molecule has 0 bridgehead atoms. The van der Waals surface area contributed by atoms with Crippen molar-refractivity contribution in [2.24, 2.45) is 0 Å². The zero-order chi connectivity index (χ0) is 14.9. The normalized spacial score (nSPS) is 21.7. The molecule has 0 aromatic heterocycles. The summed E-state index contributed by atoms with van der Waals surface area (Å²) in [5.74, 6) is 0. The van der Waals surface area contributed by atoms with E-state index >= 15 is 0 Å². The third-order valence-corrected chi connectivity index (χ3v) is 6.01. The molecule has 2 aliphatic heterocycles. The topological polar surface area (TPSA) is 76.4 Å². The second kappa shape index (κ2) is 5.73. The van der Waals surface area contributed by atoms with Gasteiger partial charge < -0.3 is 5.32 Å². The quantitative estimate of drug-likeness (QED) is 0.839. The van der Waals surface area contributed by atoms with Crippen LogP contribution in [0.25, 0.3) is 0 Å². The number of nitrogens with zero attached hydrogens (tertiary/aromatic N) is 3. The van der Waals surface area contributed by atoms with Crippen LogP contribution in [0, 0.1) is 11.3 Å². The molecule has 0 aliphatic carbocycles. The Bertz CT molecular complexity index is 656. The number of hydrogen-bond donors (Lipinski definition) is 1. The van der Waals surface area contributed by atoms with Crippen molar-refractivity contribution < 1.29 is 8.42 Å². The fourth-order valence-electron chi connectivity index (χ4n) is 2.81. The number of benzene rings is 1. The zero-order valence-electron chi connectivity index (χ0n) is 11.7. The third kappa shape index (κ3) is 2.68. The minimum Gasteiger partial charge on any atom is -0.314 e. The molecule has 0 saturated carbocycles. The largest absolute Gasteiger partial charge is 0.314 e. The maximum atomic E-state index is 12.6. The molecule has 112 valence electrons. The molecule has 0 amide bonds. The lowest BCUT2D eigenvalue weighted by Gasteiger charge is -2.45. The predicted octanol–water partition coefficient (Wildman–Crippen LogP) is -0.164. The molecule has 6 nitrogen and oxygen atoms in total. The summed E-state index contributed by atoms with van der Waals surface area (Å²) in [7, 11) is -3.55. The summed E-state index contributed by atoms with van der Waals surface area (Å²) in [5.41, 5.74) is 0.211. The Morgan fingerprint density at radius 3 is 2.52 bits per heavy atom. The van der Waals surface area contributed by atoms with Crippen molar-refractivity contribution >= 4 is 10.0 Å². The van der Waals surface area contributed by atoms with E-state index in [9.17, 15) is 8.42 Å².